The van der Waals surface area contributed by atoms with Crippen LogP contribution in [0, 0.1) is 28.6 Å². The zero-order valence-electron chi connectivity index (χ0n) is 25.1. The van der Waals surface area contributed by atoms with Gasteiger partial charge in [0.05, 0.1) is 34.8 Å². The first-order chi connectivity index (χ1) is 22.0. The van der Waals surface area contributed by atoms with Gasteiger partial charge in [-0.3, -0.25) is 0 Å². The molecule has 0 fully saturated rings. The maximum atomic E-state index is 10.6. The van der Waals surface area contributed by atoms with Crippen molar-refractivity contribution in [2.75, 3.05) is 0 Å². The highest BCUT2D eigenvalue weighted by Crippen LogP contribution is 2.54. The molecule has 0 saturated heterocycles. The summed E-state index contributed by atoms with van der Waals surface area (Å²) in [4.78, 5) is 1.28. The Labute approximate surface area is 266 Å². The van der Waals surface area contributed by atoms with E-state index in [1.807, 2.05) is 29.5 Å². The van der Waals surface area contributed by atoms with Crippen LogP contribution in [-0.4, -0.2) is 4.57 Å². The number of hydrogen-bond donors (Lipinski definition) is 0. The second kappa shape index (κ2) is 9.42. The van der Waals surface area contributed by atoms with E-state index in [2.05, 4.69) is 116 Å². The van der Waals surface area contributed by atoms with Crippen LogP contribution in [0.4, 0.5) is 0 Å². The van der Waals surface area contributed by atoms with Gasteiger partial charge in [0.1, 0.15) is 0 Å². The summed E-state index contributed by atoms with van der Waals surface area (Å²) < 4.78 is 3.65. The summed E-state index contributed by atoms with van der Waals surface area (Å²) in [5.41, 5.74) is 13.0. The molecule has 2 atom stereocenters. The SMILES string of the molecule is CC1(C)c2ccccc2-c2cc3c4c(sc3cc21)C=CCC4c1c(C#N)cccc1-n1c2c(c3ccccc31)CC(C#N)C=C2. The van der Waals surface area contributed by atoms with Crippen molar-refractivity contribution in [3.63, 3.8) is 0 Å². The molecular weight excluding hydrogens is 567 g/mol. The third kappa shape index (κ3) is 3.55. The van der Waals surface area contributed by atoms with Gasteiger partial charge in [-0.15, -0.1) is 11.3 Å². The van der Waals surface area contributed by atoms with Crippen LogP contribution in [0.3, 0.4) is 0 Å². The first kappa shape index (κ1) is 26.3. The molecule has 0 radical (unpaired) electrons. The number of hydrogen-bond acceptors (Lipinski definition) is 3. The number of nitrogens with zero attached hydrogens (tertiary/aromatic N) is 3. The Morgan fingerprint density at radius 2 is 1.69 bits per heavy atom. The second-order valence-corrected chi connectivity index (χ2v) is 14.1. The van der Waals surface area contributed by atoms with Crippen LogP contribution < -0.4 is 0 Å². The molecule has 2 heterocycles. The summed E-state index contributed by atoms with van der Waals surface area (Å²) in [6.45, 7) is 4.68. The Hall–Kier alpha value is -5.16. The van der Waals surface area contributed by atoms with E-state index in [9.17, 15) is 10.5 Å². The second-order valence-electron chi connectivity index (χ2n) is 13.0. The van der Waals surface area contributed by atoms with E-state index >= 15 is 0 Å². The Balaban J connectivity index is 1.31. The molecular formula is C41H29N3S. The fourth-order valence-corrected chi connectivity index (χ4v) is 9.49. The quantitative estimate of drug-likeness (QED) is 0.200. The number of benzene rings is 4. The molecule has 3 aliphatic carbocycles. The zero-order chi connectivity index (χ0) is 30.4. The molecule has 0 aliphatic heterocycles. The molecule has 214 valence electrons. The third-order valence-corrected chi connectivity index (χ3v) is 11.5. The minimum Gasteiger partial charge on any atom is -0.309 e. The Morgan fingerprint density at radius 3 is 2.56 bits per heavy atom. The molecule has 45 heavy (non-hydrogen) atoms. The summed E-state index contributed by atoms with van der Waals surface area (Å²) in [5.74, 6) is -0.106. The van der Waals surface area contributed by atoms with E-state index in [0.717, 1.165) is 28.9 Å². The van der Waals surface area contributed by atoms with Crippen LogP contribution in [0.15, 0.2) is 91.0 Å². The lowest BCUT2D eigenvalue weighted by atomic mass is 9.79. The normalized spacial score (nSPS) is 18.7. The molecule has 0 amide bonds. The number of nitriles is 2. The first-order valence-electron chi connectivity index (χ1n) is 15.6. The van der Waals surface area contributed by atoms with E-state index < -0.39 is 0 Å². The van der Waals surface area contributed by atoms with Gasteiger partial charge in [0.15, 0.2) is 0 Å². The minimum atomic E-state index is -0.137. The van der Waals surface area contributed by atoms with Gasteiger partial charge in [0, 0.05) is 37.6 Å². The van der Waals surface area contributed by atoms with Gasteiger partial charge >= 0.3 is 0 Å². The van der Waals surface area contributed by atoms with Crippen LogP contribution >= 0.6 is 11.3 Å². The molecule has 3 nitrogen and oxygen atoms in total. The van der Waals surface area contributed by atoms with Gasteiger partial charge in [0.25, 0.3) is 0 Å². The van der Waals surface area contributed by atoms with Crippen molar-refractivity contribution in [2.45, 2.75) is 38.0 Å². The topological polar surface area (TPSA) is 52.5 Å². The van der Waals surface area contributed by atoms with Crippen LogP contribution in [0.5, 0.6) is 0 Å². The fourth-order valence-electron chi connectivity index (χ4n) is 8.27. The van der Waals surface area contributed by atoms with E-state index in [4.69, 9.17) is 0 Å². The van der Waals surface area contributed by atoms with E-state index in [0.29, 0.717) is 12.0 Å². The van der Waals surface area contributed by atoms with Crippen molar-refractivity contribution < 1.29 is 0 Å². The zero-order valence-corrected chi connectivity index (χ0v) is 26.0. The molecule has 0 N–H and O–H groups in total. The predicted molar refractivity (Wildman–Crippen MR) is 185 cm³/mol. The highest BCUT2D eigenvalue weighted by molar-refractivity contribution is 7.20. The number of allylic oxidation sites excluding steroid dienone is 2. The van der Waals surface area contributed by atoms with Crippen molar-refractivity contribution >= 4 is 44.5 Å². The average molecular weight is 596 g/mol. The molecule has 4 aromatic carbocycles. The number of para-hydroxylation sites is 1. The number of fused-ring (bicyclic) bond motifs is 9. The number of thiophene rings is 1. The van der Waals surface area contributed by atoms with Crippen molar-refractivity contribution in [1.29, 1.82) is 10.5 Å². The Kier molecular flexibility index (Phi) is 5.50. The van der Waals surface area contributed by atoms with Crippen LogP contribution in [-0.2, 0) is 11.8 Å². The van der Waals surface area contributed by atoms with Gasteiger partial charge in [-0.05, 0) is 94.1 Å². The summed E-state index contributed by atoms with van der Waals surface area (Å²) in [6.07, 6.45) is 10.2. The largest absolute Gasteiger partial charge is 0.309 e. The Bertz CT molecular complexity index is 2400. The fraction of sp³-hybridized carbons (Fsp3) is 0.171. The standard InChI is InChI=1S/C41H29N3S/c1-41(2)32-13-5-3-10-26(32)29-20-31-38(21-33(29)41)45-37-16-8-12-28(40(31)37)39-25(23-43)9-7-15-36(39)44-34-14-6-4-11-27(34)30-19-24(22-42)17-18-35(30)44/h3-11,13-18,20-21,24,28H,12,19H2,1-2H3. The van der Waals surface area contributed by atoms with E-state index in [-0.39, 0.29) is 17.3 Å². The molecule has 0 bridgehead atoms. The highest BCUT2D eigenvalue weighted by atomic mass is 32.1. The van der Waals surface area contributed by atoms with Gasteiger partial charge in [-0.25, -0.2) is 0 Å². The lowest BCUT2D eigenvalue weighted by Crippen LogP contribution is -2.14. The molecule has 0 spiro atoms. The lowest BCUT2D eigenvalue weighted by Gasteiger charge is -2.26. The van der Waals surface area contributed by atoms with E-state index in [1.165, 1.54) is 53.7 Å². The summed E-state index contributed by atoms with van der Waals surface area (Å²) >= 11 is 1.87. The molecule has 2 unspecified atom stereocenters. The molecule has 3 aliphatic rings. The van der Waals surface area contributed by atoms with Crippen LogP contribution in [0.1, 0.15) is 70.1 Å². The minimum absolute atomic E-state index is 0.0311. The van der Waals surface area contributed by atoms with Gasteiger partial charge in [-0.1, -0.05) is 74.5 Å². The maximum Gasteiger partial charge on any atom is 0.0995 e. The molecule has 6 aromatic rings. The molecule has 2 aromatic heterocycles. The smallest absolute Gasteiger partial charge is 0.0995 e. The highest BCUT2D eigenvalue weighted by Gasteiger charge is 2.37. The van der Waals surface area contributed by atoms with Crippen LogP contribution in [0.2, 0.25) is 0 Å². The Morgan fingerprint density at radius 1 is 0.844 bits per heavy atom. The number of rotatable bonds is 2. The number of aromatic nitrogens is 1. The predicted octanol–water partition coefficient (Wildman–Crippen LogP) is 10.3. The lowest BCUT2D eigenvalue weighted by molar-refractivity contribution is 0.661. The summed E-state index contributed by atoms with van der Waals surface area (Å²) in [6, 6.07) is 33.4. The van der Waals surface area contributed by atoms with Crippen molar-refractivity contribution in [3.8, 4) is 29.0 Å². The van der Waals surface area contributed by atoms with Crippen molar-refractivity contribution in [2.24, 2.45) is 5.92 Å². The van der Waals surface area contributed by atoms with Gasteiger partial charge in [0.2, 0.25) is 0 Å². The van der Waals surface area contributed by atoms with Crippen molar-refractivity contribution in [3.05, 3.63) is 135 Å². The maximum absolute atomic E-state index is 10.6. The average Bonchev–Trinajstić information content (AvgIpc) is 3.68. The monoisotopic (exact) mass is 595 g/mol. The first-order valence-corrected chi connectivity index (χ1v) is 16.4. The van der Waals surface area contributed by atoms with Gasteiger partial charge < -0.3 is 4.57 Å². The van der Waals surface area contributed by atoms with E-state index in [1.54, 1.807) is 0 Å². The van der Waals surface area contributed by atoms with Gasteiger partial charge in [-0.2, -0.15) is 10.5 Å². The van der Waals surface area contributed by atoms with Crippen LogP contribution in [0.25, 0.3) is 50.0 Å². The van der Waals surface area contributed by atoms with Crippen molar-refractivity contribution in [1.82, 2.24) is 4.57 Å². The third-order valence-electron chi connectivity index (χ3n) is 10.3. The molecule has 9 rings (SSSR count). The molecule has 4 heteroatoms. The summed E-state index contributed by atoms with van der Waals surface area (Å²) in [7, 11) is 0. The molecule has 0 saturated carbocycles. The summed E-state index contributed by atoms with van der Waals surface area (Å²) in [5, 5.41) is 22.8.